The first-order valence-corrected chi connectivity index (χ1v) is 10.8. The van der Waals surface area contributed by atoms with Crippen molar-refractivity contribution < 1.29 is 18.0 Å². The quantitative estimate of drug-likeness (QED) is 0.561. The third-order valence-electron chi connectivity index (χ3n) is 5.75. The Morgan fingerprint density at radius 1 is 1.17 bits per heavy atom. The number of urea groups is 1. The van der Waals surface area contributed by atoms with Crippen molar-refractivity contribution >= 4 is 18.2 Å². The number of aromatic nitrogens is 4. The molecule has 0 aliphatic carbocycles. The second-order valence-electron chi connectivity index (χ2n) is 8.03. The van der Waals surface area contributed by atoms with Gasteiger partial charge in [-0.3, -0.25) is 0 Å². The average Bonchev–Trinajstić information content (AvgIpc) is 3.53. The van der Waals surface area contributed by atoms with E-state index in [0.29, 0.717) is 38.2 Å². The lowest BCUT2D eigenvalue weighted by Gasteiger charge is -2.37. The molecule has 1 aromatic carbocycles. The van der Waals surface area contributed by atoms with Crippen molar-refractivity contribution in [2.45, 2.75) is 19.4 Å². The minimum atomic E-state index is -0.680. The summed E-state index contributed by atoms with van der Waals surface area (Å²) in [6, 6.07) is 5.13. The molecule has 1 fully saturated rings. The van der Waals surface area contributed by atoms with Crippen molar-refractivity contribution in [1.82, 2.24) is 30.1 Å². The molecule has 2 aliphatic rings. The highest BCUT2D eigenvalue weighted by molar-refractivity contribution is 5.79. The highest BCUT2D eigenvalue weighted by atomic mass is 19.1. The van der Waals surface area contributed by atoms with E-state index >= 15 is 0 Å². The van der Waals surface area contributed by atoms with Crippen LogP contribution in [0.1, 0.15) is 29.5 Å². The van der Waals surface area contributed by atoms with E-state index in [1.54, 1.807) is 24.1 Å². The zero-order chi connectivity index (χ0) is 24.5. The van der Waals surface area contributed by atoms with Gasteiger partial charge >= 0.3 is 6.03 Å². The van der Waals surface area contributed by atoms with Gasteiger partial charge in [0, 0.05) is 45.7 Å². The normalized spacial score (nSPS) is 17.7. The molecule has 2 amide bonds. The molecule has 1 atom stereocenters. The molecule has 11 nitrogen and oxygen atoms in total. The number of hydrogen-bond donors (Lipinski definition) is 0. The SMILES string of the molecule is Cc1nnc(-c2nc(N3CCN(C(=O)N4N=CC[C@H]4c4cc(F)cc(C#N)c4)CC3)ncc2F)o1. The number of halogens is 2. The van der Waals surface area contributed by atoms with Gasteiger partial charge in [0.05, 0.1) is 23.9 Å². The van der Waals surface area contributed by atoms with Gasteiger partial charge < -0.3 is 14.2 Å². The molecule has 0 radical (unpaired) electrons. The van der Waals surface area contributed by atoms with Crippen molar-refractivity contribution in [2.24, 2.45) is 5.10 Å². The minimum absolute atomic E-state index is 0.0349. The maximum absolute atomic E-state index is 14.2. The van der Waals surface area contributed by atoms with E-state index in [1.165, 1.54) is 11.1 Å². The lowest BCUT2D eigenvalue weighted by atomic mass is 10.0. The topological polar surface area (TPSA) is 128 Å². The Labute approximate surface area is 198 Å². The predicted molar refractivity (Wildman–Crippen MR) is 118 cm³/mol. The third kappa shape index (κ3) is 4.37. The summed E-state index contributed by atoms with van der Waals surface area (Å²) in [4.78, 5) is 25.0. The molecule has 1 saturated heterocycles. The number of nitrogens with zero attached hydrogens (tertiary/aromatic N) is 9. The van der Waals surface area contributed by atoms with Crippen LogP contribution in [-0.4, -0.2) is 68.5 Å². The third-order valence-corrected chi connectivity index (χ3v) is 5.75. The Bertz CT molecular complexity index is 1340. The predicted octanol–water partition coefficient (Wildman–Crippen LogP) is 2.66. The van der Waals surface area contributed by atoms with Crippen LogP contribution in [-0.2, 0) is 0 Å². The molecule has 5 rings (SSSR count). The first-order valence-electron chi connectivity index (χ1n) is 10.8. The molecule has 0 unspecified atom stereocenters. The Kier molecular flexibility index (Phi) is 5.77. The van der Waals surface area contributed by atoms with Gasteiger partial charge in [0.25, 0.3) is 5.89 Å². The van der Waals surface area contributed by atoms with Crippen LogP contribution >= 0.6 is 0 Å². The summed E-state index contributed by atoms with van der Waals surface area (Å²) in [6.45, 7) is 3.10. The highest BCUT2D eigenvalue weighted by Gasteiger charge is 2.34. The fourth-order valence-corrected chi connectivity index (χ4v) is 4.04. The number of hydrazone groups is 1. The monoisotopic (exact) mass is 479 g/mol. The molecule has 4 heterocycles. The first kappa shape index (κ1) is 22.3. The van der Waals surface area contributed by atoms with Gasteiger partial charge in [-0.25, -0.2) is 28.6 Å². The number of carbonyl (C=O) groups is 1. The molecular weight excluding hydrogens is 460 g/mol. The zero-order valence-corrected chi connectivity index (χ0v) is 18.6. The summed E-state index contributed by atoms with van der Waals surface area (Å²) in [5, 5.41) is 22.2. The van der Waals surface area contributed by atoms with Crippen LogP contribution in [0.25, 0.3) is 11.6 Å². The molecule has 3 aromatic rings. The van der Waals surface area contributed by atoms with Gasteiger partial charge in [-0.15, -0.1) is 10.2 Å². The minimum Gasteiger partial charge on any atom is -0.420 e. The molecule has 35 heavy (non-hydrogen) atoms. The summed E-state index contributed by atoms with van der Waals surface area (Å²) in [5.41, 5.74) is 0.604. The van der Waals surface area contributed by atoms with Gasteiger partial charge in [-0.05, 0) is 23.8 Å². The van der Waals surface area contributed by atoms with Gasteiger partial charge in [-0.2, -0.15) is 10.4 Å². The van der Waals surface area contributed by atoms with E-state index < -0.39 is 17.7 Å². The molecule has 2 aromatic heterocycles. The second-order valence-corrected chi connectivity index (χ2v) is 8.03. The smallest absolute Gasteiger partial charge is 0.341 e. The van der Waals surface area contributed by atoms with Crippen LogP contribution in [0.15, 0.2) is 33.9 Å². The molecular formula is C22H19F2N9O2. The second kappa shape index (κ2) is 9.05. The largest absolute Gasteiger partial charge is 0.420 e. The van der Waals surface area contributed by atoms with Crippen molar-refractivity contribution in [3.8, 4) is 17.7 Å². The number of anilines is 1. The lowest BCUT2D eigenvalue weighted by molar-refractivity contribution is 0.139. The van der Waals surface area contributed by atoms with Crippen molar-refractivity contribution in [1.29, 1.82) is 5.26 Å². The number of aryl methyl sites for hydroxylation is 1. The van der Waals surface area contributed by atoms with E-state index in [4.69, 9.17) is 9.68 Å². The van der Waals surface area contributed by atoms with E-state index in [2.05, 4.69) is 25.3 Å². The van der Waals surface area contributed by atoms with Crippen LogP contribution < -0.4 is 4.90 Å². The van der Waals surface area contributed by atoms with E-state index in [9.17, 15) is 13.6 Å². The van der Waals surface area contributed by atoms with Gasteiger partial charge in [0.2, 0.25) is 11.8 Å². The van der Waals surface area contributed by atoms with Crippen LogP contribution in [0.2, 0.25) is 0 Å². The van der Waals surface area contributed by atoms with Gasteiger partial charge in [0.1, 0.15) is 5.82 Å². The van der Waals surface area contributed by atoms with E-state index in [1.807, 2.05) is 11.0 Å². The number of benzene rings is 1. The summed E-state index contributed by atoms with van der Waals surface area (Å²) >= 11 is 0. The van der Waals surface area contributed by atoms with Crippen LogP contribution in [0.5, 0.6) is 0 Å². The molecule has 178 valence electrons. The standard InChI is InChI=1S/C22H19F2N9O2/c1-13-29-30-20(35-13)19-17(24)12-26-21(28-19)31-4-6-32(7-5-31)22(34)33-18(2-3-27-33)15-8-14(11-25)9-16(23)10-15/h3,8-10,12,18H,2,4-7H2,1H3/t18-/m0/s1. The molecule has 13 heteroatoms. The molecule has 0 saturated carbocycles. The van der Waals surface area contributed by atoms with Gasteiger partial charge in [0.15, 0.2) is 11.5 Å². The maximum Gasteiger partial charge on any atom is 0.341 e. The summed E-state index contributed by atoms with van der Waals surface area (Å²) < 4.78 is 33.5. The Hall–Kier alpha value is -4.47. The summed E-state index contributed by atoms with van der Waals surface area (Å²) in [6.07, 6.45) is 3.07. The number of carbonyl (C=O) groups excluding carboxylic acids is 1. The number of rotatable bonds is 3. The molecule has 2 aliphatic heterocycles. The zero-order valence-electron chi connectivity index (χ0n) is 18.6. The van der Waals surface area contributed by atoms with Crippen LogP contribution in [0.3, 0.4) is 0 Å². The summed E-state index contributed by atoms with van der Waals surface area (Å²) in [5.74, 6) is -0.684. The Morgan fingerprint density at radius 2 is 1.97 bits per heavy atom. The number of amides is 2. The van der Waals surface area contributed by atoms with E-state index in [0.717, 1.165) is 12.3 Å². The highest BCUT2D eigenvalue weighted by Crippen LogP contribution is 2.31. The number of piperazine rings is 1. The van der Waals surface area contributed by atoms with Crippen molar-refractivity contribution in [3.05, 3.63) is 53.0 Å². The lowest BCUT2D eigenvalue weighted by Crippen LogP contribution is -2.52. The van der Waals surface area contributed by atoms with Crippen LogP contribution in [0, 0.1) is 29.9 Å². The van der Waals surface area contributed by atoms with E-state index in [-0.39, 0.29) is 35.0 Å². The van der Waals surface area contributed by atoms with Crippen LogP contribution in [0.4, 0.5) is 19.5 Å². The fourth-order valence-electron chi connectivity index (χ4n) is 4.04. The average molecular weight is 479 g/mol. The van der Waals surface area contributed by atoms with Crippen molar-refractivity contribution in [3.63, 3.8) is 0 Å². The molecule has 0 N–H and O–H groups in total. The maximum atomic E-state index is 14.2. The van der Waals surface area contributed by atoms with Crippen molar-refractivity contribution in [2.75, 3.05) is 31.1 Å². The molecule has 0 bridgehead atoms. The summed E-state index contributed by atoms with van der Waals surface area (Å²) in [7, 11) is 0. The Balaban J connectivity index is 1.28. The first-order chi connectivity index (χ1) is 16.9. The number of nitriles is 1. The van der Waals surface area contributed by atoms with Gasteiger partial charge in [-0.1, -0.05) is 0 Å². The fraction of sp³-hybridized carbons (Fsp3) is 0.318. The number of hydrogen-bond acceptors (Lipinski definition) is 9. The Morgan fingerprint density at radius 3 is 2.69 bits per heavy atom. The molecule has 0 spiro atoms.